The maximum atomic E-state index is 13.0. The van der Waals surface area contributed by atoms with E-state index < -0.39 is 26.7 Å². The highest BCUT2D eigenvalue weighted by Crippen LogP contribution is 2.35. The molecule has 0 unspecified atom stereocenters. The minimum atomic E-state index is -3.48. The summed E-state index contributed by atoms with van der Waals surface area (Å²) in [4.78, 5) is 27.4. The quantitative estimate of drug-likeness (QED) is 0.607. The number of aryl methyl sites for hydroxylation is 1. The second-order valence-corrected chi connectivity index (χ2v) is 11.6. The molecule has 0 bridgehead atoms. The van der Waals surface area contributed by atoms with Gasteiger partial charge in [-0.05, 0) is 77.1 Å². The highest BCUT2D eigenvalue weighted by molar-refractivity contribution is 7.91. The fourth-order valence-electron chi connectivity index (χ4n) is 3.91. The molecule has 174 valence electrons. The van der Waals surface area contributed by atoms with Crippen molar-refractivity contribution >= 4 is 21.8 Å². The molecule has 0 radical (unpaired) electrons. The molecular weight excluding hydrogens is 434 g/mol. The first-order valence-corrected chi connectivity index (χ1v) is 12.3. The first kappa shape index (κ1) is 24.0. The molecule has 0 saturated heterocycles. The number of ether oxygens (including phenoxy) is 1. The van der Waals surface area contributed by atoms with Crippen LogP contribution in [0.15, 0.2) is 28.7 Å². The Labute approximate surface area is 187 Å². The Morgan fingerprint density at radius 2 is 1.84 bits per heavy atom. The van der Waals surface area contributed by atoms with Crippen LogP contribution in [0.1, 0.15) is 68.3 Å². The number of oxazole rings is 1. The van der Waals surface area contributed by atoms with Gasteiger partial charge in [-0.25, -0.2) is 18.2 Å². The minimum absolute atomic E-state index is 0.00802. The number of carbonyl (C=O) groups excluding carboxylic acids is 1. The topological polar surface area (TPSA) is 124 Å². The van der Waals surface area contributed by atoms with Crippen LogP contribution in [0.3, 0.4) is 0 Å². The van der Waals surface area contributed by atoms with Gasteiger partial charge in [0.2, 0.25) is 5.89 Å². The Morgan fingerprint density at radius 3 is 2.44 bits per heavy atom. The lowest BCUT2D eigenvalue weighted by Crippen LogP contribution is -2.25. The summed E-state index contributed by atoms with van der Waals surface area (Å²) in [5.41, 5.74) is 0.497. The van der Waals surface area contributed by atoms with Gasteiger partial charge in [0, 0.05) is 12.0 Å². The maximum Gasteiger partial charge on any atom is 0.335 e. The van der Waals surface area contributed by atoms with Gasteiger partial charge in [-0.1, -0.05) is 0 Å². The van der Waals surface area contributed by atoms with Crippen molar-refractivity contribution in [1.29, 1.82) is 0 Å². The zero-order valence-electron chi connectivity index (χ0n) is 18.8. The standard InChI is InChI=1S/C23H29NO7S/c1-14-19(24-21(30-14)16-6-8-17(9-7-16)22(26)27)13-32(28,29)18-10-5-15(11-18)12-20(25)31-23(2,3)4/h6-9,15,18H,5,10-13H2,1-4H3,(H,26,27)/t15-,18+/m0/s1. The van der Waals surface area contributed by atoms with Crippen molar-refractivity contribution in [3.05, 3.63) is 41.3 Å². The summed E-state index contributed by atoms with van der Waals surface area (Å²) in [6.07, 6.45) is 1.84. The SMILES string of the molecule is Cc1oc(-c2ccc(C(=O)O)cc2)nc1CS(=O)(=O)[C@@H]1CC[C@H](CC(=O)OC(C)(C)C)C1. The van der Waals surface area contributed by atoms with E-state index in [4.69, 9.17) is 14.3 Å². The van der Waals surface area contributed by atoms with Crippen LogP contribution in [0.4, 0.5) is 0 Å². The van der Waals surface area contributed by atoms with Gasteiger partial charge in [0.15, 0.2) is 9.84 Å². The normalized spacial score (nSPS) is 19.1. The number of esters is 1. The summed E-state index contributed by atoms with van der Waals surface area (Å²) >= 11 is 0. The summed E-state index contributed by atoms with van der Waals surface area (Å²) in [7, 11) is -3.48. The number of carbonyl (C=O) groups is 2. The number of nitrogens with zero attached hydrogens (tertiary/aromatic N) is 1. The Morgan fingerprint density at radius 1 is 1.19 bits per heavy atom. The van der Waals surface area contributed by atoms with Gasteiger partial charge in [-0.2, -0.15) is 0 Å². The number of benzene rings is 1. The van der Waals surface area contributed by atoms with Crippen LogP contribution >= 0.6 is 0 Å². The van der Waals surface area contributed by atoms with Crippen LogP contribution in [-0.4, -0.2) is 41.3 Å². The smallest absolute Gasteiger partial charge is 0.335 e. The van der Waals surface area contributed by atoms with Crippen LogP contribution in [0.25, 0.3) is 11.5 Å². The molecule has 8 nitrogen and oxygen atoms in total. The molecule has 1 N–H and O–H groups in total. The lowest BCUT2D eigenvalue weighted by atomic mass is 10.0. The van der Waals surface area contributed by atoms with E-state index in [2.05, 4.69) is 4.98 Å². The molecule has 2 aromatic rings. The molecular formula is C23H29NO7S. The van der Waals surface area contributed by atoms with E-state index >= 15 is 0 Å². The average molecular weight is 464 g/mol. The molecule has 0 amide bonds. The first-order valence-electron chi connectivity index (χ1n) is 10.6. The average Bonchev–Trinajstić information content (AvgIpc) is 3.27. The predicted molar refractivity (Wildman–Crippen MR) is 118 cm³/mol. The van der Waals surface area contributed by atoms with Crippen LogP contribution < -0.4 is 0 Å². The molecule has 1 aliphatic carbocycles. The second kappa shape index (κ2) is 9.05. The van der Waals surface area contributed by atoms with Gasteiger partial charge < -0.3 is 14.3 Å². The van der Waals surface area contributed by atoms with Crippen molar-refractivity contribution < 1.29 is 32.3 Å². The number of aromatic nitrogens is 1. The third-order valence-electron chi connectivity index (χ3n) is 5.49. The zero-order chi connectivity index (χ0) is 23.7. The van der Waals surface area contributed by atoms with Crippen LogP contribution in [-0.2, 0) is 25.1 Å². The molecule has 1 fully saturated rings. The molecule has 0 aliphatic heterocycles. The largest absolute Gasteiger partial charge is 0.478 e. The van der Waals surface area contributed by atoms with Crippen LogP contribution in [0, 0.1) is 12.8 Å². The Kier molecular flexibility index (Phi) is 6.78. The van der Waals surface area contributed by atoms with Gasteiger partial charge >= 0.3 is 11.9 Å². The molecule has 9 heteroatoms. The fourth-order valence-corrected chi connectivity index (χ4v) is 5.85. The molecule has 1 aromatic carbocycles. The van der Waals surface area contributed by atoms with Crippen molar-refractivity contribution in [3.8, 4) is 11.5 Å². The van der Waals surface area contributed by atoms with E-state index in [1.165, 1.54) is 12.1 Å². The number of hydrogen-bond donors (Lipinski definition) is 1. The molecule has 1 saturated carbocycles. The highest BCUT2D eigenvalue weighted by Gasteiger charge is 2.36. The third-order valence-corrected chi connectivity index (χ3v) is 7.61. The number of sulfone groups is 1. The Bertz CT molecular complexity index is 1090. The summed E-state index contributed by atoms with van der Waals surface area (Å²) < 4.78 is 37.0. The molecule has 32 heavy (non-hydrogen) atoms. The van der Waals surface area contributed by atoms with E-state index in [0.29, 0.717) is 36.3 Å². The van der Waals surface area contributed by atoms with E-state index in [1.54, 1.807) is 19.1 Å². The first-order chi connectivity index (χ1) is 14.8. The summed E-state index contributed by atoms with van der Waals surface area (Å²) in [5.74, 6) is -0.918. The molecule has 1 aromatic heterocycles. The van der Waals surface area contributed by atoms with Crippen molar-refractivity contribution in [3.63, 3.8) is 0 Å². The van der Waals surface area contributed by atoms with E-state index in [1.807, 2.05) is 20.8 Å². The van der Waals surface area contributed by atoms with Gasteiger partial charge in [-0.15, -0.1) is 0 Å². The van der Waals surface area contributed by atoms with Crippen LogP contribution in [0.5, 0.6) is 0 Å². The number of aromatic carboxylic acids is 1. The van der Waals surface area contributed by atoms with Crippen molar-refractivity contribution in [2.45, 2.75) is 70.0 Å². The number of rotatable bonds is 7. The lowest BCUT2D eigenvalue weighted by Gasteiger charge is -2.20. The van der Waals surface area contributed by atoms with E-state index in [9.17, 15) is 18.0 Å². The Balaban J connectivity index is 1.65. The number of carboxylic acid groups (broad SMARTS) is 1. The highest BCUT2D eigenvalue weighted by atomic mass is 32.2. The van der Waals surface area contributed by atoms with E-state index in [-0.39, 0.29) is 35.5 Å². The predicted octanol–water partition coefficient (Wildman–Crippen LogP) is 4.16. The summed E-state index contributed by atoms with van der Waals surface area (Å²) in [6.45, 7) is 7.08. The third kappa shape index (κ3) is 5.97. The number of carboxylic acids is 1. The molecule has 2 atom stereocenters. The van der Waals surface area contributed by atoms with Gasteiger partial charge in [0.1, 0.15) is 11.4 Å². The number of hydrogen-bond acceptors (Lipinski definition) is 7. The van der Waals surface area contributed by atoms with Gasteiger partial charge in [-0.3, -0.25) is 4.79 Å². The van der Waals surface area contributed by atoms with Crippen molar-refractivity contribution in [2.75, 3.05) is 0 Å². The van der Waals surface area contributed by atoms with Crippen molar-refractivity contribution in [2.24, 2.45) is 5.92 Å². The van der Waals surface area contributed by atoms with Crippen LogP contribution in [0.2, 0.25) is 0 Å². The fraction of sp³-hybridized carbons (Fsp3) is 0.522. The Hall–Kier alpha value is -2.68. The van der Waals surface area contributed by atoms with E-state index in [0.717, 1.165) is 0 Å². The monoisotopic (exact) mass is 463 g/mol. The maximum absolute atomic E-state index is 13.0. The second-order valence-electron chi connectivity index (χ2n) is 9.30. The molecule has 1 heterocycles. The minimum Gasteiger partial charge on any atom is -0.478 e. The molecule has 0 spiro atoms. The van der Waals surface area contributed by atoms with Gasteiger partial charge in [0.05, 0.1) is 22.3 Å². The molecule has 3 rings (SSSR count). The summed E-state index contributed by atoms with van der Waals surface area (Å²) in [5, 5.41) is 8.49. The van der Waals surface area contributed by atoms with Gasteiger partial charge in [0.25, 0.3) is 0 Å². The molecule has 1 aliphatic rings. The lowest BCUT2D eigenvalue weighted by molar-refractivity contribution is -0.155. The summed E-state index contributed by atoms with van der Waals surface area (Å²) in [6, 6.07) is 6.03. The zero-order valence-corrected chi connectivity index (χ0v) is 19.6. The van der Waals surface area contributed by atoms with Crippen molar-refractivity contribution in [1.82, 2.24) is 4.98 Å².